The molecule has 5 aliphatic rings. The molecular weight excluding hydrogens is 474 g/mol. The van der Waals surface area contributed by atoms with Crippen molar-refractivity contribution in [1.29, 1.82) is 0 Å². The van der Waals surface area contributed by atoms with Gasteiger partial charge in [0.1, 0.15) is 6.33 Å². The first-order chi connectivity index (χ1) is 17.5. The van der Waals surface area contributed by atoms with Gasteiger partial charge < -0.3 is 9.47 Å². The molecule has 36 heavy (non-hydrogen) atoms. The highest BCUT2D eigenvalue weighted by molar-refractivity contribution is 6.28. The number of amides is 1. The van der Waals surface area contributed by atoms with E-state index in [1.165, 1.54) is 25.7 Å². The number of carbonyl (C=O) groups excluding carboxylic acids is 1. The summed E-state index contributed by atoms with van der Waals surface area (Å²) in [6.45, 7) is 4.13. The van der Waals surface area contributed by atoms with Gasteiger partial charge in [0.05, 0.1) is 22.0 Å². The van der Waals surface area contributed by atoms with Gasteiger partial charge >= 0.3 is 0 Å². The third kappa shape index (κ3) is 3.76. The van der Waals surface area contributed by atoms with Crippen molar-refractivity contribution in [2.45, 2.75) is 69.9 Å². The van der Waals surface area contributed by atoms with Gasteiger partial charge in [0.15, 0.2) is 0 Å². The Bertz CT molecular complexity index is 1280. The van der Waals surface area contributed by atoms with Gasteiger partial charge in [0, 0.05) is 13.1 Å². The average molecular weight is 508 g/mol. The summed E-state index contributed by atoms with van der Waals surface area (Å²) < 4.78 is 4.19. The van der Waals surface area contributed by atoms with E-state index >= 15 is 0 Å². The second kappa shape index (κ2) is 8.55. The molecule has 3 heterocycles. The smallest absolute Gasteiger partial charge is 0.242 e. The number of para-hydroxylation sites is 2. The number of anilines is 1. The maximum absolute atomic E-state index is 14.1. The van der Waals surface area contributed by atoms with Crippen LogP contribution in [0.1, 0.15) is 57.8 Å². The molecule has 4 aliphatic carbocycles. The van der Waals surface area contributed by atoms with E-state index in [1.807, 2.05) is 16.8 Å². The highest BCUT2D eigenvalue weighted by Crippen LogP contribution is 2.64. The van der Waals surface area contributed by atoms with Crippen molar-refractivity contribution in [3.8, 4) is 0 Å². The van der Waals surface area contributed by atoms with Crippen LogP contribution in [0.5, 0.6) is 0 Å². The zero-order valence-electron chi connectivity index (χ0n) is 20.7. The summed E-state index contributed by atoms with van der Waals surface area (Å²) in [4.78, 5) is 25.8. The first kappa shape index (κ1) is 22.7. The van der Waals surface area contributed by atoms with E-state index in [0.29, 0.717) is 17.8 Å². The van der Waals surface area contributed by atoms with Crippen LogP contribution in [-0.4, -0.2) is 54.8 Å². The Labute approximate surface area is 216 Å². The van der Waals surface area contributed by atoms with Crippen molar-refractivity contribution >= 4 is 34.5 Å². The molecule has 3 aromatic rings. The number of nitrogens with one attached hydrogen (secondary N) is 1. The minimum absolute atomic E-state index is 0.127. The fourth-order valence-corrected chi connectivity index (χ4v) is 8.40. The molecule has 2 unspecified atom stereocenters. The van der Waals surface area contributed by atoms with E-state index < -0.39 is 5.41 Å². The predicted molar refractivity (Wildman–Crippen MR) is 139 cm³/mol. The molecule has 1 aliphatic heterocycles. The first-order valence-electron chi connectivity index (χ1n) is 13.6. The minimum Gasteiger partial charge on any atom is -0.309 e. The van der Waals surface area contributed by atoms with Crippen LogP contribution in [0, 0.1) is 17.3 Å². The summed E-state index contributed by atoms with van der Waals surface area (Å²) in [5.41, 5.74) is 1.48. The molecule has 8 rings (SSSR count). The lowest BCUT2D eigenvalue weighted by atomic mass is 9.46. The summed E-state index contributed by atoms with van der Waals surface area (Å²) in [5.74, 6) is 1.89. The Morgan fingerprint density at radius 2 is 1.83 bits per heavy atom. The van der Waals surface area contributed by atoms with Crippen LogP contribution >= 0.6 is 11.6 Å². The number of imidazole rings is 1. The number of hydrogen-bond donors (Lipinski definition) is 1. The van der Waals surface area contributed by atoms with Gasteiger partial charge in [-0.25, -0.2) is 14.6 Å². The van der Waals surface area contributed by atoms with E-state index in [1.54, 1.807) is 6.33 Å². The van der Waals surface area contributed by atoms with Crippen molar-refractivity contribution in [2.75, 3.05) is 25.0 Å². The second-order valence-electron chi connectivity index (χ2n) is 11.9. The number of hydrogen-bond acceptors (Lipinski definition) is 5. The lowest BCUT2D eigenvalue weighted by molar-refractivity contribution is -0.150. The molecule has 190 valence electrons. The normalized spacial score (nSPS) is 31.8. The fourth-order valence-electron chi connectivity index (χ4n) is 8.28. The third-order valence-corrected chi connectivity index (χ3v) is 9.60. The van der Waals surface area contributed by atoms with Gasteiger partial charge in [-0.1, -0.05) is 18.6 Å². The number of nitrogens with zero attached hydrogens (tertiary/aromatic N) is 6. The van der Waals surface area contributed by atoms with Gasteiger partial charge in [0.25, 0.3) is 0 Å². The van der Waals surface area contributed by atoms with Gasteiger partial charge in [-0.15, -0.1) is 5.10 Å². The van der Waals surface area contributed by atoms with Gasteiger partial charge in [-0.3, -0.25) is 10.1 Å². The summed E-state index contributed by atoms with van der Waals surface area (Å²) in [6, 6.07) is 8.22. The van der Waals surface area contributed by atoms with Crippen LogP contribution in [0.15, 0.2) is 30.6 Å². The molecule has 1 N–H and O–H groups in total. The van der Waals surface area contributed by atoms with Crippen LogP contribution in [0.4, 0.5) is 5.95 Å². The molecule has 0 radical (unpaired) electrons. The molecule has 4 bridgehead atoms. The number of fused-ring (bicyclic) bond motifs is 1. The Kier molecular flexibility index (Phi) is 5.40. The van der Waals surface area contributed by atoms with E-state index in [-0.39, 0.29) is 16.7 Å². The number of aromatic nitrogens is 5. The monoisotopic (exact) mass is 507 g/mol. The SMILES string of the molecule is O=C(Nc1nc2ccccc2n1CCN1CCCCC1)C12CC3CC(C1)CC(n1cnc(Cl)n1)(C3)C2. The van der Waals surface area contributed by atoms with Gasteiger partial charge in [0.2, 0.25) is 17.1 Å². The number of benzene rings is 1. The van der Waals surface area contributed by atoms with Crippen molar-refractivity contribution in [1.82, 2.24) is 29.2 Å². The topological polar surface area (TPSA) is 80.9 Å². The van der Waals surface area contributed by atoms with E-state index in [2.05, 4.69) is 37.0 Å². The Morgan fingerprint density at radius 3 is 2.58 bits per heavy atom. The van der Waals surface area contributed by atoms with Gasteiger partial charge in [-0.2, -0.15) is 0 Å². The Balaban J connectivity index is 1.18. The number of piperidine rings is 1. The maximum Gasteiger partial charge on any atom is 0.242 e. The Hall–Kier alpha value is -2.45. The summed E-state index contributed by atoms with van der Waals surface area (Å²) in [5, 5.41) is 8.13. The maximum atomic E-state index is 14.1. The van der Waals surface area contributed by atoms with Crippen LogP contribution in [0.25, 0.3) is 11.0 Å². The molecule has 9 heteroatoms. The molecular formula is C27H34ClN7O. The van der Waals surface area contributed by atoms with E-state index in [4.69, 9.17) is 16.6 Å². The van der Waals surface area contributed by atoms with Crippen LogP contribution in [0.2, 0.25) is 5.28 Å². The van der Waals surface area contributed by atoms with E-state index in [9.17, 15) is 4.79 Å². The average Bonchev–Trinajstić information content (AvgIpc) is 3.46. The van der Waals surface area contributed by atoms with E-state index in [0.717, 1.165) is 69.3 Å². The zero-order valence-corrected chi connectivity index (χ0v) is 21.5. The number of rotatable bonds is 6. The number of likely N-dealkylation sites (tertiary alicyclic amines) is 1. The number of halogens is 1. The first-order valence-corrected chi connectivity index (χ1v) is 14.0. The number of carbonyl (C=O) groups is 1. The van der Waals surface area contributed by atoms with Gasteiger partial charge in [-0.05, 0) is 100 Å². The van der Waals surface area contributed by atoms with Crippen LogP contribution < -0.4 is 5.32 Å². The fraction of sp³-hybridized carbons (Fsp3) is 0.630. The highest BCUT2D eigenvalue weighted by Gasteiger charge is 2.62. The predicted octanol–water partition coefficient (Wildman–Crippen LogP) is 4.70. The molecule has 2 aromatic heterocycles. The van der Waals surface area contributed by atoms with Crippen molar-refractivity contribution in [3.63, 3.8) is 0 Å². The summed E-state index contributed by atoms with van der Waals surface area (Å²) in [6.07, 6.45) is 11.7. The van der Waals surface area contributed by atoms with Crippen molar-refractivity contribution in [3.05, 3.63) is 35.9 Å². The largest absolute Gasteiger partial charge is 0.309 e. The lowest BCUT2D eigenvalue weighted by Crippen LogP contribution is -2.60. The summed E-state index contributed by atoms with van der Waals surface area (Å²) in [7, 11) is 0. The van der Waals surface area contributed by atoms with Crippen LogP contribution in [0.3, 0.4) is 0 Å². The molecule has 1 amide bonds. The molecule has 5 fully saturated rings. The standard InChI is InChI=1S/C27H34ClN7O/c28-24-29-18-35(32-24)27-15-19-12-20(16-27)14-26(13-19,17-27)23(36)31-25-30-21-6-2-3-7-22(21)34(25)11-10-33-8-4-1-5-9-33/h2-3,6-7,18-20H,1,4-5,8-17H2,(H,30,31,36). The minimum atomic E-state index is -0.391. The van der Waals surface area contributed by atoms with Crippen LogP contribution in [-0.2, 0) is 16.9 Å². The summed E-state index contributed by atoms with van der Waals surface area (Å²) >= 11 is 6.11. The van der Waals surface area contributed by atoms with Crippen molar-refractivity contribution in [2.24, 2.45) is 17.3 Å². The second-order valence-corrected chi connectivity index (χ2v) is 12.2. The molecule has 0 spiro atoms. The third-order valence-electron chi connectivity index (χ3n) is 9.43. The molecule has 2 atom stereocenters. The zero-order chi connectivity index (χ0) is 24.3. The molecule has 4 saturated carbocycles. The van der Waals surface area contributed by atoms with Crippen molar-refractivity contribution < 1.29 is 4.79 Å². The molecule has 1 saturated heterocycles. The molecule has 1 aromatic carbocycles. The highest BCUT2D eigenvalue weighted by atomic mass is 35.5. The Morgan fingerprint density at radius 1 is 1.06 bits per heavy atom. The molecule has 8 nitrogen and oxygen atoms in total. The lowest BCUT2D eigenvalue weighted by Gasteiger charge is -2.60. The quantitative estimate of drug-likeness (QED) is 0.523.